The van der Waals surface area contributed by atoms with E-state index in [1.165, 1.54) is 6.20 Å². The lowest BCUT2D eigenvalue weighted by Crippen LogP contribution is -2.18. The highest BCUT2D eigenvalue weighted by Crippen LogP contribution is 2.19. The molecule has 0 saturated heterocycles. The van der Waals surface area contributed by atoms with Crippen LogP contribution in [-0.2, 0) is 6.54 Å². The van der Waals surface area contributed by atoms with E-state index in [0.717, 1.165) is 6.54 Å². The summed E-state index contributed by atoms with van der Waals surface area (Å²) in [6, 6.07) is 0. The molecule has 0 aliphatic rings. The smallest absolute Gasteiger partial charge is 0.340 e. The predicted octanol–water partition coefficient (Wildman–Crippen LogP) is 2.23. The maximum atomic E-state index is 10.7. The Hall–Kier alpha value is -0.590. The summed E-state index contributed by atoms with van der Waals surface area (Å²) in [6.07, 6.45) is 1.40. The Kier molecular flexibility index (Phi) is 3.18. The number of halogens is 1. The number of hydrogen-bond donors (Lipinski definition) is 1. The van der Waals surface area contributed by atoms with Crippen LogP contribution in [0.25, 0.3) is 0 Å². The van der Waals surface area contributed by atoms with Crippen molar-refractivity contribution in [2.45, 2.75) is 27.3 Å². The van der Waals surface area contributed by atoms with E-state index < -0.39 is 5.97 Å². The lowest BCUT2D eigenvalue weighted by Gasteiger charge is -2.18. The van der Waals surface area contributed by atoms with Crippen molar-refractivity contribution in [1.82, 2.24) is 9.78 Å². The van der Waals surface area contributed by atoms with Gasteiger partial charge in [0, 0.05) is 6.54 Å². The molecule has 4 nitrogen and oxygen atoms in total. The molecule has 0 aromatic carbocycles. The molecule has 1 rings (SSSR count). The number of hydrogen-bond acceptors (Lipinski definition) is 2. The lowest BCUT2D eigenvalue weighted by molar-refractivity contribution is 0.0695. The minimum atomic E-state index is -0.922. The Labute approximate surface area is 96.4 Å². The number of carboxylic acid groups (broad SMARTS) is 1. The second-order valence-corrected chi connectivity index (χ2v) is 5.39. The molecular formula is C9H13IN2O2. The molecule has 14 heavy (non-hydrogen) atoms. The van der Waals surface area contributed by atoms with Crippen LogP contribution >= 0.6 is 22.6 Å². The van der Waals surface area contributed by atoms with E-state index in [1.807, 2.05) is 22.6 Å². The molecule has 5 heteroatoms. The molecule has 78 valence electrons. The summed E-state index contributed by atoms with van der Waals surface area (Å²) in [5.41, 5.74) is 0.372. The average molecular weight is 308 g/mol. The van der Waals surface area contributed by atoms with E-state index in [2.05, 4.69) is 25.9 Å². The highest BCUT2D eigenvalue weighted by molar-refractivity contribution is 14.1. The number of aromatic carboxylic acids is 1. The van der Waals surface area contributed by atoms with Gasteiger partial charge in [0.2, 0.25) is 0 Å². The summed E-state index contributed by atoms with van der Waals surface area (Å²) in [5.74, 6) is -0.922. The summed E-state index contributed by atoms with van der Waals surface area (Å²) < 4.78 is 2.41. The van der Waals surface area contributed by atoms with Crippen molar-refractivity contribution in [3.63, 3.8) is 0 Å². The van der Waals surface area contributed by atoms with E-state index >= 15 is 0 Å². The average Bonchev–Trinajstić information content (AvgIpc) is 2.29. The first-order valence-corrected chi connectivity index (χ1v) is 5.34. The van der Waals surface area contributed by atoms with Gasteiger partial charge in [0.05, 0.1) is 6.20 Å². The van der Waals surface area contributed by atoms with Crippen molar-refractivity contribution in [1.29, 1.82) is 0 Å². The summed E-state index contributed by atoms with van der Waals surface area (Å²) in [6.45, 7) is 6.99. The van der Waals surface area contributed by atoms with Gasteiger partial charge in [-0.2, -0.15) is 5.10 Å². The van der Waals surface area contributed by atoms with E-state index in [1.54, 1.807) is 4.68 Å². The van der Waals surface area contributed by atoms with Crippen molar-refractivity contribution in [2.75, 3.05) is 0 Å². The SMILES string of the molecule is CC(C)(C)Cn1ncc(C(=O)O)c1I. The molecule has 1 heterocycles. The van der Waals surface area contributed by atoms with Gasteiger partial charge < -0.3 is 5.11 Å². The quantitative estimate of drug-likeness (QED) is 0.853. The largest absolute Gasteiger partial charge is 0.478 e. The van der Waals surface area contributed by atoms with E-state index in [9.17, 15) is 4.79 Å². The normalized spacial score (nSPS) is 11.7. The fourth-order valence-electron chi connectivity index (χ4n) is 1.07. The molecule has 0 saturated carbocycles. The molecule has 0 unspecified atom stereocenters. The van der Waals surface area contributed by atoms with Gasteiger partial charge in [-0.3, -0.25) is 4.68 Å². The van der Waals surface area contributed by atoms with Crippen LogP contribution in [0.3, 0.4) is 0 Å². The van der Waals surface area contributed by atoms with Gasteiger partial charge in [-0.25, -0.2) is 4.79 Å². The Morgan fingerprint density at radius 2 is 2.21 bits per heavy atom. The molecule has 1 N–H and O–H groups in total. The first kappa shape index (κ1) is 11.5. The molecule has 0 atom stereocenters. The number of carbonyl (C=O) groups is 1. The maximum absolute atomic E-state index is 10.7. The number of carboxylic acids is 1. The zero-order chi connectivity index (χ0) is 10.9. The number of nitrogens with zero attached hydrogens (tertiary/aromatic N) is 2. The van der Waals surface area contributed by atoms with Crippen LogP contribution in [-0.4, -0.2) is 20.9 Å². The van der Waals surface area contributed by atoms with Crippen molar-refractivity contribution in [3.8, 4) is 0 Å². The van der Waals surface area contributed by atoms with Crippen LogP contribution in [0.4, 0.5) is 0 Å². The van der Waals surface area contributed by atoms with Gasteiger partial charge in [0.25, 0.3) is 0 Å². The molecule has 0 fully saturated rings. The zero-order valence-electron chi connectivity index (χ0n) is 8.41. The van der Waals surface area contributed by atoms with E-state index in [0.29, 0.717) is 3.70 Å². The molecule has 1 aromatic rings. The summed E-state index contributed by atoms with van der Waals surface area (Å²) in [5, 5.41) is 12.9. The summed E-state index contributed by atoms with van der Waals surface area (Å²) >= 11 is 2.01. The van der Waals surface area contributed by atoms with Crippen molar-refractivity contribution >= 4 is 28.6 Å². The molecule has 0 radical (unpaired) electrons. The topological polar surface area (TPSA) is 55.1 Å². The van der Waals surface area contributed by atoms with Crippen molar-refractivity contribution < 1.29 is 9.90 Å². The van der Waals surface area contributed by atoms with Gasteiger partial charge in [0.15, 0.2) is 0 Å². The fraction of sp³-hybridized carbons (Fsp3) is 0.556. The van der Waals surface area contributed by atoms with Crippen molar-refractivity contribution in [2.24, 2.45) is 5.41 Å². The van der Waals surface area contributed by atoms with Gasteiger partial charge >= 0.3 is 5.97 Å². The first-order chi connectivity index (χ1) is 6.31. The third-order valence-corrected chi connectivity index (χ3v) is 2.77. The molecule has 0 spiro atoms. The maximum Gasteiger partial charge on any atom is 0.340 e. The van der Waals surface area contributed by atoms with Crippen LogP contribution in [0.5, 0.6) is 0 Å². The second-order valence-electron chi connectivity index (χ2n) is 4.37. The van der Waals surface area contributed by atoms with E-state index in [-0.39, 0.29) is 11.0 Å². The molecule has 0 aliphatic heterocycles. The van der Waals surface area contributed by atoms with Crippen LogP contribution in [0.1, 0.15) is 31.1 Å². The first-order valence-electron chi connectivity index (χ1n) is 4.26. The predicted molar refractivity (Wildman–Crippen MR) is 61.4 cm³/mol. The fourth-order valence-corrected chi connectivity index (χ4v) is 1.74. The van der Waals surface area contributed by atoms with Crippen LogP contribution in [0.15, 0.2) is 6.20 Å². The molecule has 0 amide bonds. The number of rotatable bonds is 2. The standard InChI is InChI=1S/C9H13IN2O2/c1-9(2,3)5-12-7(10)6(4-11-12)8(13)14/h4H,5H2,1-3H3,(H,13,14). The lowest BCUT2D eigenvalue weighted by atomic mass is 9.97. The second kappa shape index (κ2) is 3.88. The van der Waals surface area contributed by atoms with Gasteiger partial charge in [-0.1, -0.05) is 20.8 Å². The van der Waals surface area contributed by atoms with Crippen LogP contribution < -0.4 is 0 Å². The Morgan fingerprint density at radius 1 is 1.64 bits per heavy atom. The molecular weight excluding hydrogens is 295 g/mol. The highest BCUT2D eigenvalue weighted by Gasteiger charge is 2.18. The third kappa shape index (κ3) is 2.70. The molecule has 0 aliphatic carbocycles. The van der Waals surface area contributed by atoms with E-state index in [4.69, 9.17) is 5.11 Å². The Bertz CT molecular complexity index is 352. The minimum Gasteiger partial charge on any atom is -0.478 e. The summed E-state index contributed by atoms with van der Waals surface area (Å²) in [4.78, 5) is 10.7. The zero-order valence-corrected chi connectivity index (χ0v) is 10.6. The molecule has 0 bridgehead atoms. The van der Waals surface area contributed by atoms with Crippen molar-refractivity contribution in [3.05, 3.63) is 15.5 Å². The van der Waals surface area contributed by atoms with Gasteiger partial charge in [0.1, 0.15) is 9.26 Å². The van der Waals surface area contributed by atoms with Crippen LogP contribution in [0.2, 0.25) is 0 Å². The van der Waals surface area contributed by atoms with Crippen LogP contribution in [0, 0.1) is 9.12 Å². The number of aromatic nitrogens is 2. The summed E-state index contributed by atoms with van der Waals surface area (Å²) in [7, 11) is 0. The third-order valence-electron chi connectivity index (χ3n) is 1.63. The van der Waals surface area contributed by atoms with Gasteiger partial charge in [-0.05, 0) is 28.0 Å². The molecule has 1 aromatic heterocycles. The Balaban J connectivity index is 2.96. The highest BCUT2D eigenvalue weighted by atomic mass is 127. The minimum absolute atomic E-state index is 0.0989. The monoisotopic (exact) mass is 308 g/mol. The van der Waals surface area contributed by atoms with Gasteiger partial charge in [-0.15, -0.1) is 0 Å². The Morgan fingerprint density at radius 3 is 2.57 bits per heavy atom.